The zero-order chi connectivity index (χ0) is 14.7. The standard InChI is InChI=1S/C17H24N2OS.ClH/c1-13-2-4-16(5-3-13)21-12-17(20)19-8-6-14-10-18-11-15(14)7-9-19;/h2-5,14-15,18H,6-12H2,1H3;1H/t14-,15+;. The molecule has 22 heavy (non-hydrogen) atoms. The average molecular weight is 341 g/mol. The van der Waals surface area contributed by atoms with Gasteiger partial charge in [0.05, 0.1) is 5.75 Å². The number of nitrogens with one attached hydrogen (secondary N) is 1. The second kappa shape index (κ2) is 8.23. The van der Waals surface area contributed by atoms with Crippen LogP contribution in [-0.4, -0.2) is 42.7 Å². The van der Waals surface area contributed by atoms with Gasteiger partial charge in [-0.3, -0.25) is 4.79 Å². The Morgan fingerprint density at radius 2 is 1.77 bits per heavy atom. The minimum Gasteiger partial charge on any atom is -0.342 e. The number of rotatable bonds is 3. The van der Waals surface area contributed by atoms with Gasteiger partial charge in [0.2, 0.25) is 5.91 Å². The number of hydrogen-bond acceptors (Lipinski definition) is 3. The maximum atomic E-state index is 12.4. The molecule has 2 saturated heterocycles. The van der Waals surface area contributed by atoms with Crippen LogP contribution < -0.4 is 5.32 Å². The van der Waals surface area contributed by atoms with Crippen molar-refractivity contribution in [3.63, 3.8) is 0 Å². The smallest absolute Gasteiger partial charge is 0.232 e. The van der Waals surface area contributed by atoms with Crippen LogP contribution in [0.25, 0.3) is 0 Å². The Bertz CT molecular complexity index is 480. The van der Waals surface area contributed by atoms with Crippen LogP contribution in [0, 0.1) is 18.8 Å². The predicted octanol–water partition coefficient (Wildman–Crippen LogP) is 2.97. The zero-order valence-corrected chi connectivity index (χ0v) is 14.7. The Morgan fingerprint density at radius 3 is 2.36 bits per heavy atom. The summed E-state index contributed by atoms with van der Waals surface area (Å²) in [6, 6.07) is 8.41. The maximum absolute atomic E-state index is 12.4. The third kappa shape index (κ3) is 4.40. The molecule has 3 nitrogen and oxygen atoms in total. The van der Waals surface area contributed by atoms with E-state index in [-0.39, 0.29) is 12.4 Å². The molecular formula is C17H25ClN2OS. The van der Waals surface area contributed by atoms with Gasteiger partial charge >= 0.3 is 0 Å². The Hall–Kier alpha value is -0.710. The number of thioether (sulfide) groups is 1. The van der Waals surface area contributed by atoms with E-state index in [0.717, 1.165) is 38.0 Å². The Kier molecular flexibility index (Phi) is 6.60. The minimum absolute atomic E-state index is 0. The zero-order valence-electron chi connectivity index (χ0n) is 13.1. The van der Waals surface area contributed by atoms with Gasteiger partial charge in [-0.05, 0) is 56.8 Å². The van der Waals surface area contributed by atoms with Crippen molar-refractivity contribution >= 4 is 30.1 Å². The molecule has 0 aliphatic carbocycles. The van der Waals surface area contributed by atoms with E-state index in [9.17, 15) is 4.79 Å². The van der Waals surface area contributed by atoms with Gasteiger partial charge in [0.15, 0.2) is 0 Å². The van der Waals surface area contributed by atoms with Gasteiger partial charge in [-0.15, -0.1) is 24.2 Å². The lowest BCUT2D eigenvalue weighted by atomic mass is 9.92. The van der Waals surface area contributed by atoms with Crippen molar-refractivity contribution in [3.8, 4) is 0 Å². The molecule has 0 bridgehead atoms. The van der Waals surface area contributed by atoms with Crippen LogP contribution in [0.3, 0.4) is 0 Å². The van der Waals surface area contributed by atoms with Gasteiger partial charge < -0.3 is 10.2 Å². The third-order valence-electron chi connectivity index (χ3n) is 4.76. The largest absolute Gasteiger partial charge is 0.342 e. The van der Waals surface area contributed by atoms with E-state index in [1.54, 1.807) is 11.8 Å². The molecule has 0 unspecified atom stereocenters. The number of amides is 1. The summed E-state index contributed by atoms with van der Waals surface area (Å²) in [6.45, 7) is 6.25. The third-order valence-corrected chi connectivity index (χ3v) is 5.75. The quantitative estimate of drug-likeness (QED) is 0.859. The number of likely N-dealkylation sites (tertiary alicyclic amines) is 1. The van der Waals surface area contributed by atoms with Crippen LogP contribution in [0.5, 0.6) is 0 Å². The first kappa shape index (κ1) is 17.6. The summed E-state index contributed by atoms with van der Waals surface area (Å²) >= 11 is 1.66. The average Bonchev–Trinajstić information content (AvgIpc) is 2.85. The molecule has 1 amide bonds. The van der Waals surface area contributed by atoms with Crippen molar-refractivity contribution in [2.24, 2.45) is 11.8 Å². The molecule has 1 aromatic carbocycles. The van der Waals surface area contributed by atoms with E-state index >= 15 is 0 Å². The first-order valence-corrected chi connectivity index (χ1v) is 8.89. The first-order chi connectivity index (χ1) is 10.2. The van der Waals surface area contributed by atoms with Crippen LogP contribution in [0.2, 0.25) is 0 Å². The van der Waals surface area contributed by atoms with Gasteiger partial charge in [-0.2, -0.15) is 0 Å². The van der Waals surface area contributed by atoms with Crippen LogP contribution in [0.1, 0.15) is 18.4 Å². The molecule has 2 heterocycles. The van der Waals surface area contributed by atoms with Gasteiger partial charge in [0.1, 0.15) is 0 Å². The molecule has 0 aromatic heterocycles. The van der Waals surface area contributed by atoms with E-state index in [0.29, 0.717) is 11.7 Å². The first-order valence-electron chi connectivity index (χ1n) is 7.90. The summed E-state index contributed by atoms with van der Waals surface area (Å²) in [5.41, 5.74) is 1.26. The SMILES string of the molecule is Cc1ccc(SCC(=O)N2CC[C@@H]3CNC[C@@H]3CC2)cc1.Cl. The molecule has 3 rings (SSSR count). The molecule has 1 N–H and O–H groups in total. The second-order valence-corrected chi connectivity index (χ2v) is 7.29. The summed E-state index contributed by atoms with van der Waals surface area (Å²) in [5, 5.41) is 3.48. The predicted molar refractivity (Wildman–Crippen MR) is 94.8 cm³/mol. The van der Waals surface area contributed by atoms with E-state index in [2.05, 4.69) is 41.4 Å². The fourth-order valence-electron chi connectivity index (χ4n) is 3.34. The van der Waals surface area contributed by atoms with Crippen molar-refractivity contribution in [1.82, 2.24) is 10.2 Å². The van der Waals surface area contributed by atoms with Gasteiger partial charge in [0, 0.05) is 18.0 Å². The lowest BCUT2D eigenvalue weighted by molar-refractivity contribution is -0.128. The lowest BCUT2D eigenvalue weighted by Crippen LogP contribution is -2.34. The topological polar surface area (TPSA) is 32.3 Å². The molecule has 0 spiro atoms. The van der Waals surface area contributed by atoms with Crippen molar-refractivity contribution in [2.45, 2.75) is 24.7 Å². The van der Waals surface area contributed by atoms with Crippen LogP contribution in [0.15, 0.2) is 29.2 Å². The highest BCUT2D eigenvalue weighted by molar-refractivity contribution is 8.00. The molecular weight excluding hydrogens is 316 g/mol. The fourth-order valence-corrected chi connectivity index (χ4v) is 4.14. The Labute approximate surface area is 143 Å². The monoisotopic (exact) mass is 340 g/mol. The molecule has 2 atom stereocenters. The summed E-state index contributed by atoms with van der Waals surface area (Å²) in [7, 11) is 0. The summed E-state index contributed by atoms with van der Waals surface area (Å²) in [4.78, 5) is 15.7. The van der Waals surface area contributed by atoms with E-state index < -0.39 is 0 Å². The van der Waals surface area contributed by atoms with Crippen molar-refractivity contribution in [2.75, 3.05) is 31.9 Å². The molecule has 2 aliphatic heterocycles. The number of hydrogen-bond donors (Lipinski definition) is 1. The Balaban J connectivity index is 0.00000176. The van der Waals surface area contributed by atoms with Crippen molar-refractivity contribution in [3.05, 3.63) is 29.8 Å². The Morgan fingerprint density at radius 1 is 1.18 bits per heavy atom. The molecule has 1 aromatic rings. The summed E-state index contributed by atoms with van der Waals surface area (Å²) < 4.78 is 0. The van der Waals surface area contributed by atoms with Crippen LogP contribution in [0.4, 0.5) is 0 Å². The van der Waals surface area contributed by atoms with Gasteiger partial charge in [-0.25, -0.2) is 0 Å². The van der Waals surface area contributed by atoms with Crippen LogP contribution >= 0.6 is 24.2 Å². The number of halogens is 1. The molecule has 5 heteroatoms. The maximum Gasteiger partial charge on any atom is 0.232 e. The number of carbonyl (C=O) groups is 1. The fraction of sp³-hybridized carbons (Fsp3) is 0.588. The van der Waals surface area contributed by atoms with Crippen LogP contribution in [-0.2, 0) is 4.79 Å². The van der Waals surface area contributed by atoms with Gasteiger partial charge in [0.25, 0.3) is 0 Å². The lowest BCUT2D eigenvalue weighted by Gasteiger charge is -2.20. The number of benzene rings is 1. The highest BCUT2D eigenvalue weighted by atomic mass is 35.5. The number of nitrogens with zero attached hydrogens (tertiary/aromatic N) is 1. The molecule has 0 radical (unpaired) electrons. The molecule has 2 fully saturated rings. The van der Waals surface area contributed by atoms with Gasteiger partial charge in [-0.1, -0.05) is 17.7 Å². The van der Waals surface area contributed by atoms with E-state index in [1.807, 2.05) is 0 Å². The van der Waals surface area contributed by atoms with E-state index in [4.69, 9.17) is 0 Å². The molecule has 0 saturated carbocycles. The minimum atomic E-state index is 0. The molecule has 122 valence electrons. The van der Waals surface area contributed by atoms with E-state index in [1.165, 1.54) is 23.3 Å². The van der Waals surface area contributed by atoms with Crippen molar-refractivity contribution < 1.29 is 4.79 Å². The number of fused-ring (bicyclic) bond motifs is 1. The normalized spacial score (nSPS) is 24.3. The van der Waals surface area contributed by atoms with Crippen molar-refractivity contribution in [1.29, 1.82) is 0 Å². The number of carbonyl (C=O) groups excluding carboxylic acids is 1. The number of aryl methyl sites for hydroxylation is 1. The highest BCUT2D eigenvalue weighted by Gasteiger charge is 2.31. The summed E-state index contributed by atoms with van der Waals surface area (Å²) in [5.74, 6) is 2.44. The second-order valence-electron chi connectivity index (χ2n) is 6.24. The highest BCUT2D eigenvalue weighted by Crippen LogP contribution is 2.27. The molecule has 2 aliphatic rings. The summed E-state index contributed by atoms with van der Waals surface area (Å²) in [6.07, 6.45) is 2.33.